The lowest BCUT2D eigenvalue weighted by molar-refractivity contribution is -0.102. The molecule has 0 amide bonds. The average Bonchev–Trinajstić information content (AvgIpc) is 3.34. The van der Waals surface area contributed by atoms with Gasteiger partial charge in [-0.1, -0.05) is 35.6 Å². The Hall–Kier alpha value is -2.89. The van der Waals surface area contributed by atoms with E-state index in [-0.39, 0.29) is 4.87 Å². The normalized spacial score (nSPS) is 26.6. The van der Waals surface area contributed by atoms with E-state index in [9.17, 15) is 20.1 Å². The molecule has 3 aromatic heterocycles. The average molecular weight is 438 g/mol. The number of H-pyrrole nitrogens is 1. The lowest BCUT2D eigenvalue weighted by atomic mass is 9.97. The second kappa shape index (κ2) is 6.31. The Bertz CT molecular complexity index is 1550. The smallest absolute Gasteiger partial charge is 0.306 e. The fourth-order valence-corrected chi connectivity index (χ4v) is 5.50. The van der Waals surface area contributed by atoms with Crippen LogP contribution in [0.5, 0.6) is 0 Å². The Labute approximate surface area is 178 Å². The van der Waals surface area contributed by atoms with Gasteiger partial charge >= 0.3 is 4.87 Å². The maximum absolute atomic E-state index is 12.2. The van der Waals surface area contributed by atoms with Crippen molar-refractivity contribution in [2.45, 2.75) is 31.0 Å². The largest absolute Gasteiger partial charge is 0.394 e. The number of hydrogen-bond acceptors (Lipinski definition) is 8. The SMILES string of the molecule is C[C@@]1(O)[C@H](O)[C@@H](CO)O[C@H]1n1cc2c(cnc3[nH]c(=O)sc4c5ccccc5c2c34)n1. The molecule has 9 nitrogen and oxygen atoms in total. The Morgan fingerprint density at radius 3 is 2.77 bits per heavy atom. The summed E-state index contributed by atoms with van der Waals surface area (Å²) in [4.78, 5) is 19.4. The van der Waals surface area contributed by atoms with Gasteiger partial charge in [-0.3, -0.25) is 9.78 Å². The minimum absolute atomic E-state index is 0.189. The molecule has 2 aromatic carbocycles. The molecule has 10 heteroatoms. The van der Waals surface area contributed by atoms with Crippen molar-refractivity contribution in [3.63, 3.8) is 0 Å². The van der Waals surface area contributed by atoms with Crippen molar-refractivity contribution in [3.8, 4) is 0 Å². The number of rotatable bonds is 2. The van der Waals surface area contributed by atoms with Crippen LogP contribution in [0.3, 0.4) is 0 Å². The third kappa shape index (κ3) is 2.47. The molecule has 4 N–H and O–H groups in total. The summed E-state index contributed by atoms with van der Waals surface area (Å²) in [5.74, 6) is 0. The predicted octanol–water partition coefficient (Wildman–Crippen LogP) is 1.64. The van der Waals surface area contributed by atoms with E-state index in [1.54, 1.807) is 12.4 Å². The number of benzene rings is 1. The Kier molecular flexibility index (Phi) is 3.84. The van der Waals surface area contributed by atoms with Crippen LogP contribution in [0.4, 0.5) is 0 Å². The monoisotopic (exact) mass is 438 g/mol. The first kappa shape index (κ1) is 18.8. The first-order valence-electron chi connectivity index (χ1n) is 9.78. The molecule has 31 heavy (non-hydrogen) atoms. The van der Waals surface area contributed by atoms with Crippen LogP contribution in [0.15, 0.2) is 41.5 Å². The van der Waals surface area contributed by atoms with Gasteiger partial charge in [0.15, 0.2) is 6.23 Å². The van der Waals surface area contributed by atoms with Crippen LogP contribution < -0.4 is 4.87 Å². The van der Waals surface area contributed by atoms with Gasteiger partial charge < -0.3 is 20.1 Å². The van der Waals surface area contributed by atoms with Gasteiger partial charge in [0.2, 0.25) is 0 Å². The van der Waals surface area contributed by atoms with E-state index in [2.05, 4.69) is 15.1 Å². The Morgan fingerprint density at radius 1 is 1.26 bits per heavy atom. The molecule has 5 aromatic rings. The number of nitrogens with zero attached hydrogens (tertiary/aromatic N) is 3. The molecular formula is C21H18N4O5S. The van der Waals surface area contributed by atoms with E-state index in [4.69, 9.17) is 4.74 Å². The van der Waals surface area contributed by atoms with Crippen molar-refractivity contribution in [1.29, 1.82) is 0 Å². The van der Waals surface area contributed by atoms with E-state index in [1.165, 1.54) is 11.6 Å². The van der Waals surface area contributed by atoms with E-state index < -0.39 is 30.6 Å². The van der Waals surface area contributed by atoms with Gasteiger partial charge in [-0.05, 0) is 12.3 Å². The second-order valence-corrected chi connectivity index (χ2v) is 9.02. The molecule has 0 bridgehead atoms. The molecular weight excluding hydrogens is 420 g/mol. The summed E-state index contributed by atoms with van der Waals surface area (Å²) in [5.41, 5.74) is -0.625. The molecule has 6 rings (SSSR count). The molecule has 1 saturated heterocycles. The van der Waals surface area contributed by atoms with Crippen LogP contribution in [0.2, 0.25) is 0 Å². The number of aromatic amines is 1. The van der Waals surface area contributed by atoms with E-state index in [0.717, 1.165) is 43.0 Å². The van der Waals surface area contributed by atoms with Crippen molar-refractivity contribution < 1.29 is 20.1 Å². The minimum atomic E-state index is -1.65. The molecule has 0 unspecified atom stereocenters. The number of aliphatic hydroxyl groups is 3. The lowest BCUT2D eigenvalue weighted by Gasteiger charge is -2.26. The topological polar surface area (TPSA) is 133 Å². The molecule has 1 aliphatic rings. The number of fused-ring (bicyclic) bond motifs is 5. The highest BCUT2D eigenvalue weighted by atomic mass is 32.1. The quantitative estimate of drug-likeness (QED) is 0.329. The highest BCUT2D eigenvalue weighted by Crippen LogP contribution is 2.42. The summed E-state index contributed by atoms with van der Waals surface area (Å²) in [6.07, 6.45) is 0.143. The van der Waals surface area contributed by atoms with Gasteiger partial charge in [-0.2, -0.15) is 5.10 Å². The van der Waals surface area contributed by atoms with Crippen molar-refractivity contribution in [1.82, 2.24) is 19.7 Å². The molecule has 158 valence electrons. The highest BCUT2D eigenvalue weighted by Gasteiger charge is 2.53. The highest BCUT2D eigenvalue weighted by molar-refractivity contribution is 7.17. The first-order valence-corrected chi connectivity index (χ1v) is 10.6. The second-order valence-electron chi connectivity index (χ2n) is 8.03. The van der Waals surface area contributed by atoms with Gasteiger partial charge in [0, 0.05) is 27.7 Å². The molecule has 4 atom stereocenters. The van der Waals surface area contributed by atoms with Crippen molar-refractivity contribution >= 4 is 54.1 Å². The zero-order valence-corrected chi connectivity index (χ0v) is 17.1. The summed E-state index contributed by atoms with van der Waals surface area (Å²) < 4.78 is 8.03. The van der Waals surface area contributed by atoms with E-state index >= 15 is 0 Å². The first-order chi connectivity index (χ1) is 14.9. The van der Waals surface area contributed by atoms with Crippen LogP contribution in [-0.4, -0.2) is 59.5 Å². The van der Waals surface area contributed by atoms with Crippen LogP contribution in [-0.2, 0) is 4.74 Å². The molecule has 0 saturated carbocycles. The molecule has 0 spiro atoms. The van der Waals surface area contributed by atoms with Crippen LogP contribution in [0.25, 0.3) is 42.8 Å². The van der Waals surface area contributed by atoms with Crippen molar-refractivity contribution in [3.05, 3.63) is 46.3 Å². The summed E-state index contributed by atoms with van der Waals surface area (Å²) in [6.45, 7) is 1.03. The number of nitrogens with one attached hydrogen (secondary N) is 1. The van der Waals surface area contributed by atoms with Crippen molar-refractivity contribution in [2.24, 2.45) is 0 Å². The zero-order valence-electron chi connectivity index (χ0n) is 16.3. The fourth-order valence-electron chi connectivity index (χ4n) is 4.58. The molecule has 0 radical (unpaired) electrons. The third-order valence-corrected chi connectivity index (χ3v) is 7.01. The van der Waals surface area contributed by atoms with Crippen molar-refractivity contribution in [2.75, 3.05) is 6.61 Å². The summed E-state index contributed by atoms with van der Waals surface area (Å²) in [6, 6.07) is 7.83. The Morgan fingerprint density at radius 2 is 2.03 bits per heavy atom. The molecule has 0 aliphatic carbocycles. The number of ether oxygens (including phenoxy) is 1. The van der Waals surface area contributed by atoms with Gasteiger partial charge in [0.05, 0.1) is 17.5 Å². The molecule has 1 fully saturated rings. The van der Waals surface area contributed by atoms with Gasteiger partial charge in [-0.25, -0.2) is 9.67 Å². The van der Waals surface area contributed by atoms with Gasteiger partial charge in [0.25, 0.3) is 0 Å². The number of hydrogen-bond donors (Lipinski definition) is 4. The third-order valence-electron chi connectivity index (χ3n) is 6.09. The summed E-state index contributed by atoms with van der Waals surface area (Å²) >= 11 is 1.14. The van der Waals surface area contributed by atoms with Crippen LogP contribution in [0, 0.1) is 0 Å². The number of aliphatic hydroxyl groups excluding tert-OH is 2. The summed E-state index contributed by atoms with van der Waals surface area (Å²) in [7, 11) is 0. The number of aromatic nitrogens is 4. The Balaban J connectivity index is 1.71. The van der Waals surface area contributed by atoms with E-state index in [1.807, 2.05) is 24.3 Å². The van der Waals surface area contributed by atoms with Gasteiger partial charge in [0.1, 0.15) is 29.0 Å². The van der Waals surface area contributed by atoms with Gasteiger partial charge in [-0.15, -0.1) is 0 Å². The molecule has 4 heterocycles. The lowest BCUT2D eigenvalue weighted by Crippen LogP contribution is -2.44. The van der Waals surface area contributed by atoms with Crippen LogP contribution >= 0.6 is 11.3 Å². The maximum Gasteiger partial charge on any atom is 0.306 e. The van der Waals surface area contributed by atoms with Crippen LogP contribution in [0.1, 0.15) is 13.2 Å². The fraction of sp³-hybridized carbons (Fsp3) is 0.286. The predicted molar refractivity (Wildman–Crippen MR) is 116 cm³/mol. The minimum Gasteiger partial charge on any atom is -0.394 e. The summed E-state index contributed by atoms with van der Waals surface area (Å²) in [5, 5.41) is 39.7. The van der Waals surface area contributed by atoms with E-state index in [0.29, 0.717) is 11.2 Å². The standard InChI is InChI=1S/C21H18N4O5S/c1-21(29)17(27)13(8-26)30-19(21)25-7-11-12(24-25)6-22-18-15-14(11)9-4-2-3-5-10(9)16(15)31-20(28)23-18/h2-7,13,17,19,26-27,29H,8H2,1H3,(H,23,28)/t13-,17-,19-,21-/m1/s1. The molecule has 1 aliphatic heterocycles. The maximum atomic E-state index is 12.2. The zero-order chi connectivity index (χ0) is 21.5.